The minimum absolute atomic E-state index is 0.119. The third-order valence-electron chi connectivity index (χ3n) is 3.95. The molecular formula is C19H28N4O3. The average molecular weight is 360 g/mol. The number of urea groups is 1. The summed E-state index contributed by atoms with van der Waals surface area (Å²) in [7, 11) is 1.67. The van der Waals surface area contributed by atoms with Gasteiger partial charge in [0.15, 0.2) is 0 Å². The van der Waals surface area contributed by atoms with Crippen LogP contribution in [0.2, 0.25) is 0 Å². The standard InChI is InChI=1S/C19H28N4O3/c1-13(2)26-17-8-6-16(7-9-17)21-19(24)20-12-18-14(3)22-23(15(18)4)10-11-25-5/h6-9,13H,10-12H2,1-5H3,(H2,20,21,24). The normalized spacial score (nSPS) is 10.8. The summed E-state index contributed by atoms with van der Waals surface area (Å²) < 4.78 is 12.6. The summed E-state index contributed by atoms with van der Waals surface area (Å²) in [5.41, 5.74) is 3.68. The number of methoxy groups -OCH3 is 1. The molecule has 0 aliphatic rings. The molecule has 0 spiro atoms. The number of hydrogen-bond donors (Lipinski definition) is 2. The van der Waals surface area contributed by atoms with Gasteiger partial charge < -0.3 is 20.1 Å². The van der Waals surface area contributed by atoms with Crippen molar-refractivity contribution >= 4 is 11.7 Å². The molecule has 0 aliphatic carbocycles. The van der Waals surface area contributed by atoms with E-state index in [0.717, 1.165) is 22.7 Å². The van der Waals surface area contributed by atoms with E-state index in [9.17, 15) is 4.79 Å². The molecule has 0 saturated carbocycles. The van der Waals surface area contributed by atoms with Gasteiger partial charge >= 0.3 is 6.03 Å². The van der Waals surface area contributed by atoms with Gasteiger partial charge in [-0.1, -0.05) is 0 Å². The van der Waals surface area contributed by atoms with Gasteiger partial charge in [-0.05, 0) is 52.0 Å². The molecule has 2 N–H and O–H groups in total. The van der Waals surface area contributed by atoms with Crippen molar-refractivity contribution in [2.24, 2.45) is 0 Å². The van der Waals surface area contributed by atoms with E-state index in [1.165, 1.54) is 0 Å². The topological polar surface area (TPSA) is 77.4 Å². The molecule has 0 aliphatic heterocycles. The van der Waals surface area contributed by atoms with Gasteiger partial charge in [0, 0.05) is 30.6 Å². The van der Waals surface area contributed by atoms with Crippen molar-refractivity contribution in [2.75, 3.05) is 19.0 Å². The molecule has 0 atom stereocenters. The first-order chi connectivity index (χ1) is 12.4. The van der Waals surface area contributed by atoms with Crippen LogP contribution in [-0.4, -0.2) is 35.6 Å². The first-order valence-electron chi connectivity index (χ1n) is 8.74. The number of carbonyl (C=O) groups is 1. The van der Waals surface area contributed by atoms with E-state index in [1.807, 2.05) is 56.6 Å². The minimum Gasteiger partial charge on any atom is -0.491 e. The number of nitrogens with zero attached hydrogens (tertiary/aromatic N) is 2. The van der Waals surface area contributed by atoms with Crippen molar-refractivity contribution in [2.45, 2.75) is 46.9 Å². The smallest absolute Gasteiger partial charge is 0.319 e. The number of anilines is 1. The van der Waals surface area contributed by atoms with E-state index < -0.39 is 0 Å². The number of benzene rings is 1. The van der Waals surface area contributed by atoms with Gasteiger partial charge in [-0.25, -0.2) is 4.79 Å². The lowest BCUT2D eigenvalue weighted by Gasteiger charge is -2.11. The number of ether oxygens (including phenoxy) is 2. The Labute approximate surface area is 154 Å². The van der Waals surface area contributed by atoms with Crippen LogP contribution in [0.25, 0.3) is 0 Å². The fourth-order valence-corrected chi connectivity index (χ4v) is 2.62. The fourth-order valence-electron chi connectivity index (χ4n) is 2.62. The van der Waals surface area contributed by atoms with Gasteiger partial charge in [0.05, 0.1) is 24.9 Å². The van der Waals surface area contributed by atoms with Crippen LogP contribution in [-0.2, 0) is 17.8 Å². The monoisotopic (exact) mass is 360 g/mol. The number of aromatic nitrogens is 2. The third-order valence-corrected chi connectivity index (χ3v) is 3.95. The number of rotatable bonds is 8. The molecule has 2 amide bonds. The molecule has 7 nitrogen and oxygen atoms in total. The van der Waals surface area contributed by atoms with Crippen LogP contribution in [0.3, 0.4) is 0 Å². The molecule has 0 radical (unpaired) electrons. The number of amides is 2. The van der Waals surface area contributed by atoms with Gasteiger partial charge in [0.1, 0.15) is 5.75 Å². The lowest BCUT2D eigenvalue weighted by Crippen LogP contribution is -2.28. The number of hydrogen-bond acceptors (Lipinski definition) is 4. The predicted octanol–water partition coefficient (Wildman–Crippen LogP) is 3.26. The molecule has 142 valence electrons. The Balaban J connectivity index is 1.89. The van der Waals surface area contributed by atoms with E-state index in [2.05, 4.69) is 15.7 Å². The quantitative estimate of drug-likeness (QED) is 0.757. The van der Waals surface area contributed by atoms with Gasteiger partial charge in [-0.15, -0.1) is 0 Å². The maximum Gasteiger partial charge on any atom is 0.319 e. The fraction of sp³-hybridized carbons (Fsp3) is 0.474. The molecule has 2 aromatic rings. The molecule has 0 fully saturated rings. The summed E-state index contributed by atoms with van der Waals surface area (Å²) in [5.74, 6) is 0.778. The lowest BCUT2D eigenvalue weighted by molar-refractivity contribution is 0.182. The van der Waals surface area contributed by atoms with Crippen molar-refractivity contribution in [3.8, 4) is 5.75 Å². The largest absolute Gasteiger partial charge is 0.491 e. The highest BCUT2D eigenvalue weighted by atomic mass is 16.5. The third kappa shape index (κ3) is 5.49. The average Bonchev–Trinajstić information content (AvgIpc) is 2.86. The second kappa shape index (κ2) is 9.24. The SMILES string of the molecule is COCCn1nc(C)c(CNC(=O)Nc2ccc(OC(C)C)cc2)c1C. The van der Waals surface area contributed by atoms with Gasteiger partial charge in [0.25, 0.3) is 0 Å². The Morgan fingerprint density at radius 1 is 1.23 bits per heavy atom. The van der Waals surface area contributed by atoms with Crippen molar-refractivity contribution < 1.29 is 14.3 Å². The second-order valence-corrected chi connectivity index (χ2v) is 6.36. The maximum atomic E-state index is 12.1. The highest BCUT2D eigenvalue weighted by Crippen LogP contribution is 2.17. The summed E-state index contributed by atoms with van der Waals surface area (Å²) in [4.78, 5) is 12.1. The maximum absolute atomic E-state index is 12.1. The Kier molecular flexibility index (Phi) is 7.03. The van der Waals surface area contributed by atoms with E-state index in [1.54, 1.807) is 7.11 Å². The van der Waals surface area contributed by atoms with Crippen LogP contribution in [0.1, 0.15) is 30.8 Å². The first-order valence-corrected chi connectivity index (χ1v) is 8.74. The molecule has 0 unspecified atom stereocenters. The van der Waals surface area contributed by atoms with Crippen LogP contribution in [0.5, 0.6) is 5.75 Å². The summed E-state index contributed by atoms with van der Waals surface area (Å²) in [5, 5.41) is 10.2. The minimum atomic E-state index is -0.258. The van der Waals surface area contributed by atoms with Crippen molar-refractivity contribution in [1.82, 2.24) is 15.1 Å². The van der Waals surface area contributed by atoms with Gasteiger partial charge in [-0.3, -0.25) is 4.68 Å². The molecule has 26 heavy (non-hydrogen) atoms. The van der Waals surface area contributed by atoms with Crippen LogP contribution in [0.15, 0.2) is 24.3 Å². The number of aryl methyl sites for hydroxylation is 1. The van der Waals surface area contributed by atoms with Gasteiger partial charge in [0.2, 0.25) is 0 Å². The van der Waals surface area contributed by atoms with Crippen LogP contribution in [0, 0.1) is 13.8 Å². The predicted molar refractivity (Wildman–Crippen MR) is 102 cm³/mol. The Hall–Kier alpha value is -2.54. The Morgan fingerprint density at radius 2 is 1.92 bits per heavy atom. The van der Waals surface area contributed by atoms with Crippen LogP contribution in [0.4, 0.5) is 10.5 Å². The molecule has 7 heteroatoms. The zero-order valence-electron chi connectivity index (χ0n) is 16.1. The van der Waals surface area contributed by atoms with E-state index in [4.69, 9.17) is 9.47 Å². The zero-order chi connectivity index (χ0) is 19.1. The molecular weight excluding hydrogens is 332 g/mol. The summed E-state index contributed by atoms with van der Waals surface area (Å²) >= 11 is 0. The summed E-state index contributed by atoms with van der Waals surface area (Å²) in [6, 6.07) is 7.05. The first kappa shape index (κ1) is 19.8. The number of carbonyl (C=O) groups excluding carboxylic acids is 1. The lowest BCUT2D eigenvalue weighted by atomic mass is 10.2. The van der Waals surface area contributed by atoms with Crippen LogP contribution >= 0.6 is 0 Å². The zero-order valence-corrected chi connectivity index (χ0v) is 16.1. The van der Waals surface area contributed by atoms with E-state index >= 15 is 0 Å². The molecule has 0 saturated heterocycles. The summed E-state index contributed by atoms with van der Waals surface area (Å²) in [6.45, 7) is 9.61. The highest BCUT2D eigenvalue weighted by molar-refractivity contribution is 5.89. The van der Waals surface area contributed by atoms with Crippen molar-refractivity contribution in [1.29, 1.82) is 0 Å². The van der Waals surface area contributed by atoms with Gasteiger partial charge in [-0.2, -0.15) is 5.10 Å². The molecule has 1 heterocycles. The van der Waals surface area contributed by atoms with Crippen LogP contribution < -0.4 is 15.4 Å². The van der Waals surface area contributed by atoms with Crippen molar-refractivity contribution in [3.63, 3.8) is 0 Å². The summed E-state index contributed by atoms with van der Waals surface area (Å²) in [6.07, 6.45) is 0.119. The second-order valence-electron chi connectivity index (χ2n) is 6.36. The molecule has 2 rings (SSSR count). The highest BCUT2D eigenvalue weighted by Gasteiger charge is 2.12. The number of nitrogens with one attached hydrogen (secondary N) is 2. The molecule has 1 aromatic carbocycles. The Morgan fingerprint density at radius 3 is 2.54 bits per heavy atom. The molecule has 1 aromatic heterocycles. The molecule has 0 bridgehead atoms. The van der Waals surface area contributed by atoms with E-state index in [0.29, 0.717) is 25.4 Å². The van der Waals surface area contributed by atoms with E-state index in [-0.39, 0.29) is 12.1 Å². The Bertz CT molecular complexity index is 723. The van der Waals surface area contributed by atoms with Crippen molar-refractivity contribution in [3.05, 3.63) is 41.2 Å².